The van der Waals surface area contributed by atoms with Crippen LogP contribution in [0.15, 0.2) is 22.7 Å². The molecule has 0 aliphatic heterocycles. The van der Waals surface area contributed by atoms with E-state index < -0.39 is 0 Å². The standard InChI is InChI=1S/C11H14BrNO/c1-8(14)7-9-10(12)5-4-6-11(9)13(2)3/h4-6H,7H2,1-3H3. The molecule has 0 fully saturated rings. The summed E-state index contributed by atoms with van der Waals surface area (Å²) in [6, 6.07) is 5.96. The Morgan fingerprint density at radius 1 is 1.43 bits per heavy atom. The van der Waals surface area contributed by atoms with E-state index in [4.69, 9.17) is 0 Å². The minimum absolute atomic E-state index is 0.181. The highest BCUT2D eigenvalue weighted by atomic mass is 79.9. The molecule has 1 aromatic carbocycles. The van der Waals surface area contributed by atoms with Crippen LogP contribution in [-0.2, 0) is 11.2 Å². The summed E-state index contributed by atoms with van der Waals surface area (Å²) < 4.78 is 0.999. The van der Waals surface area contributed by atoms with Gasteiger partial charge in [0.2, 0.25) is 0 Å². The Kier molecular flexibility index (Phi) is 3.69. The fourth-order valence-corrected chi connectivity index (χ4v) is 1.89. The van der Waals surface area contributed by atoms with Crippen molar-refractivity contribution in [2.75, 3.05) is 19.0 Å². The van der Waals surface area contributed by atoms with Gasteiger partial charge in [-0.1, -0.05) is 22.0 Å². The first-order valence-electron chi connectivity index (χ1n) is 4.46. The van der Waals surface area contributed by atoms with Gasteiger partial charge < -0.3 is 4.90 Å². The average Bonchev–Trinajstić information content (AvgIpc) is 2.07. The molecular formula is C11H14BrNO. The van der Waals surface area contributed by atoms with E-state index in [0.717, 1.165) is 15.7 Å². The number of halogens is 1. The van der Waals surface area contributed by atoms with Gasteiger partial charge in [-0.05, 0) is 24.6 Å². The molecule has 0 saturated heterocycles. The molecule has 0 heterocycles. The van der Waals surface area contributed by atoms with Crippen molar-refractivity contribution in [3.8, 4) is 0 Å². The lowest BCUT2D eigenvalue weighted by molar-refractivity contribution is -0.116. The monoisotopic (exact) mass is 255 g/mol. The smallest absolute Gasteiger partial charge is 0.134 e. The van der Waals surface area contributed by atoms with Crippen LogP contribution in [0.25, 0.3) is 0 Å². The molecule has 1 rings (SSSR count). The SMILES string of the molecule is CC(=O)Cc1c(Br)cccc1N(C)C. The lowest BCUT2D eigenvalue weighted by Gasteiger charge is -2.17. The summed E-state index contributed by atoms with van der Waals surface area (Å²) in [6.45, 7) is 1.61. The molecule has 0 bridgehead atoms. The van der Waals surface area contributed by atoms with Crippen molar-refractivity contribution in [1.29, 1.82) is 0 Å². The highest BCUT2D eigenvalue weighted by Gasteiger charge is 2.09. The van der Waals surface area contributed by atoms with Crippen LogP contribution in [0.1, 0.15) is 12.5 Å². The minimum Gasteiger partial charge on any atom is -0.377 e. The summed E-state index contributed by atoms with van der Waals surface area (Å²) in [4.78, 5) is 13.1. The largest absolute Gasteiger partial charge is 0.377 e. The number of rotatable bonds is 3. The summed E-state index contributed by atoms with van der Waals surface area (Å²) in [7, 11) is 3.96. The lowest BCUT2D eigenvalue weighted by atomic mass is 10.1. The molecule has 0 aliphatic rings. The van der Waals surface area contributed by atoms with Gasteiger partial charge in [0.25, 0.3) is 0 Å². The Hall–Kier alpha value is -0.830. The predicted octanol–water partition coefficient (Wildman–Crippen LogP) is 2.65. The van der Waals surface area contributed by atoms with Gasteiger partial charge in [-0.2, -0.15) is 0 Å². The molecule has 76 valence electrons. The number of anilines is 1. The molecule has 0 saturated carbocycles. The number of hydrogen-bond acceptors (Lipinski definition) is 2. The first kappa shape index (κ1) is 11.2. The van der Waals surface area contributed by atoms with Crippen molar-refractivity contribution < 1.29 is 4.79 Å². The van der Waals surface area contributed by atoms with Crippen LogP contribution in [-0.4, -0.2) is 19.9 Å². The second kappa shape index (κ2) is 4.60. The van der Waals surface area contributed by atoms with E-state index in [9.17, 15) is 4.79 Å². The number of ketones is 1. The fourth-order valence-electron chi connectivity index (χ4n) is 1.39. The highest BCUT2D eigenvalue weighted by molar-refractivity contribution is 9.10. The third-order valence-corrected chi connectivity index (χ3v) is 2.74. The van der Waals surface area contributed by atoms with Crippen molar-refractivity contribution in [2.45, 2.75) is 13.3 Å². The van der Waals surface area contributed by atoms with E-state index in [1.54, 1.807) is 6.92 Å². The lowest BCUT2D eigenvalue weighted by Crippen LogP contribution is -2.13. The molecule has 0 radical (unpaired) electrons. The normalized spacial score (nSPS) is 10.0. The summed E-state index contributed by atoms with van der Waals surface area (Å²) in [5.74, 6) is 0.181. The van der Waals surface area contributed by atoms with Gasteiger partial charge in [-0.15, -0.1) is 0 Å². The van der Waals surface area contributed by atoms with Crippen LogP contribution in [0.2, 0.25) is 0 Å². The van der Waals surface area contributed by atoms with E-state index in [1.165, 1.54) is 0 Å². The summed E-state index contributed by atoms with van der Waals surface area (Å²) in [5.41, 5.74) is 2.15. The number of hydrogen-bond donors (Lipinski definition) is 0. The zero-order valence-corrected chi connectivity index (χ0v) is 10.3. The number of Topliss-reactive ketones (excluding diaryl/α,β-unsaturated/α-hetero) is 1. The Balaban J connectivity index is 3.15. The zero-order chi connectivity index (χ0) is 10.7. The Labute approximate surface area is 93.0 Å². The average molecular weight is 256 g/mol. The van der Waals surface area contributed by atoms with Crippen LogP contribution in [0.4, 0.5) is 5.69 Å². The van der Waals surface area contributed by atoms with E-state index in [2.05, 4.69) is 15.9 Å². The van der Waals surface area contributed by atoms with Crippen LogP contribution in [0.3, 0.4) is 0 Å². The van der Waals surface area contributed by atoms with Gasteiger partial charge in [-0.3, -0.25) is 4.79 Å². The molecule has 0 N–H and O–H groups in total. The zero-order valence-electron chi connectivity index (χ0n) is 8.67. The molecule has 3 heteroatoms. The Morgan fingerprint density at radius 3 is 2.57 bits per heavy atom. The van der Waals surface area contributed by atoms with Gasteiger partial charge in [0.15, 0.2) is 0 Å². The van der Waals surface area contributed by atoms with E-state index in [1.807, 2.05) is 37.2 Å². The van der Waals surface area contributed by atoms with Crippen LogP contribution >= 0.6 is 15.9 Å². The third-order valence-electron chi connectivity index (χ3n) is 2.00. The predicted molar refractivity (Wildman–Crippen MR) is 62.9 cm³/mol. The Morgan fingerprint density at radius 2 is 2.07 bits per heavy atom. The number of carbonyl (C=O) groups excluding carboxylic acids is 1. The maximum Gasteiger partial charge on any atom is 0.134 e. The van der Waals surface area contributed by atoms with Crippen LogP contribution in [0, 0.1) is 0 Å². The first-order chi connectivity index (χ1) is 6.52. The van der Waals surface area contributed by atoms with Crippen molar-refractivity contribution in [3.63, 3.8) is 0 Å². The summed E-state index contributed by atoms with van der Waals surface area (Å²) in [5, 5.41) is 0. The van der Waals surface area contributed by atoms with E-state index in [0.29, 0.717) is 6.42 Å². The van der Waals surface area contributed by atoms with Gasteiger partial charge >= 0.3 is 0 Å². The quantitative estimate of drug-likeness (QED) is 0.828. The van der Waals surface area contributed by atoms with Crippen molar-refractivity contribution in [3.05, 3.63) is 28.2 Å². The van der Waals surface area contributed by atoms with E-state index >= 15 is 0 Å². The molecule has 1 aromatic rings. The summed E-state index contributed by atoms with van der Waals surface area (Å²) in [6.07, 6.45) is 0.481. The summed E-state index contributed by atoms with van der Waals surface area (Å²) >= 11 is 3.47. The van der Waals surface area contributed by atoms with Gasteiger partial charge in [-0.25, -0.2) is 0 Å². The first-order valence-corrected chi connectivity index (χ1v) is 5.26. The topological polar surface area (TPSA) is 20.3 Å². The molecule has 2 nitrogen and oxygen atoms in total. The second-order valence-corrected chi connectivity index (χ2v) is 4.37. The van der Waals surface area contributed by atoms with Gasteiger partial charge in [0.1, 0.15) is 5.78 Å². The van der Waals surface area contributed by atoms with Crippen molar-refractivity contribution in [1.82, 2.24) is 0 Å². The van der Waals surface area contributed by atoms with Gasteiger partial charge in [0, 0.05) is 30.7 Å². The maximum absolute atomic E-state index is 11.1. The van der Waals surface area contributed by atoms with Crippen LogP contribution in [0.5, 0.6) is 0 Å². The van der Waals surface area contributed by atoms with Crippen LogP contribution < -0.4 is 4.90 Å². The van der Waals surface area contributed by atoms with E-state index in [-0.39, 0.29) is 5.78 Å². The molecule has 0 unspecified atom stereocenters. The molecule has 14 heavy (non-hydrogen) atoms. The van der Waals surface area contributed by atoms with Crippen molar-refractivity contribution in [2.24, 2.45) is 0 Å². The molecule has 0 amide bonds. The molecular weight excluding hydrogens is 242 g/mol. The molecule has 0 spiro atoms. The number of nitrogens with zero attached hydrogens (tertiary/aromatic N) is 1. The molecule has 0 aromatic heterocycles. The second-order valence-electron chi connectivity index (χ2n) is 3.51. The highest BCUT2D eigenvalue weighted by Crippen LogP contribution is 2.27. The molecule has 0 atom stereocenters. The fraction of sp³-hybridized carbons (Fsp3) is 0.364. The van der Waals surface area contributed by atoms with Gasteiger partial charge in [0.05, 0.1) is 0 Å². The van der Waals surface area contributed by atoms with Crippen molar-refractivity contribution >= 4 is 27.4 Å². The number of benzene rings is 1. The Bertz CT molecular complexity index is 347. The maximum atomic E-state index is 11.1. The minimum atomic E-state index is 0.181. The molecule has 0 aliphatic carbocycles. The third kappa shape index (κ3) is 2.58. The number of carbonyl (C=O) groups is 1.